The van der Waals surface area contributed by atoms with Crippen LogP contribution < -0.4 is 5.32 Å². The van der Waals surface area contributed by atoms with Gasteiger partial charge in [-0.05, 0) is 43.9 Å². The molecule has 1 aliphatic rings. The number of amides is 2. The van der Waals surface area contributed by atoms with Crippen LogP contribution in [0.4, 0.5) is 4.79 Å². The predicted octanol–water partition coefficient (Wildman–Crippen LogP) is 3.36. The molecule has 0 radical (unpaired) electrons. The van der Waals surface area contributed by atoms with Gasteiger partial charge in [0.2, 0.25) is 0 Å². The predicted molar refractivity (Wildman–Crippen MR) is 95.2 cm³/mol. The number of ether oxygens (including phenoxy) is 1. The van der Waals surface area contributed by atoms with E-state index in [0.717, 1.165) is 24.8 Å². The van der Waals surface area contributed by atoms with Crippen molar-refractivity contribution in [3.8, 4) is 0 Å². The van der Waals surface area contributed by atoms with E-state index in [2.05, 4.69) is 5.32 Å². The molecule has 0 spiro atoms. The number of nitrogens with zero attached hydrogens (tertiary/aromatic N) is 1. The lowest BCUT2D eigenvalue weighted by Crippen LogP contribution is -2.55. The average molecular weight is 355 g/mol. The van der Waals surface area contributed by atoms with Crippen molar-refractivity contribution >= 4 is 17.6 Å². The third-order valence-corrected chi connectivity index (χ3v) is 5.30. The molecule has 0 aromatic heterocycles. The summed E-state index contributed by atoms with van der Waals surface area (Å²) in [5.74, 6) is 0. The van der Waals surface area contributed by atoms with Gasteiger partial charge in [0.25, 0.3) is 0 Å². The van der Waals surface area contributed by atoms with Gasteiger partial charge in [-0.1, -0.05) is 30.7 Å². The highest BCUT2D eigenvalue weighted by Gasteiger charge is 2.42. The van der Waals surface area contributed by atoms with Crippen LogP contribution in [-0.2, 0) is 4.74 Å². The van der Waals surface area contributed by atoms with E-state index in [-0.39, 0.29) is 24.8 Å². The number of nitrogens with one attached hydrogen (secondary N) is 1. The molecule has 0 saturated carbocycles. The Bertz CT molecular complexity index is 546. The number of aliphatic hydroxyl groups is 1. The van der Waals surface area contributed by atoms with E-state index in [1.807, 2.05) is 38.1 Å². The number of benzene rings is 1. The zero-order valence-electron chi connectivity index (χ0n) is 14.6. The Morgan fingerprint density at radius 2 is 2.12 bits per heavy atom. The van der Waals surface area contributed by atoms with Crippen LogP contribution >= 0.6 is 11.6 Å². The molecule has 5 nitrogen and oxygen atoms in total. The Kier molecular flexibility index (Phi) is 6.49. The Morgan fingerprint density at radius 3 is 2.67 bits per heavy atom. The summed E-state index contributed by atoms with van der Waals surface area (Å²) < 4.78 is 5.58. The number of hydrogen-bond acceptors (Lipinski definition) is 3. The van der Waals surface area contributed by atoms with Crippen LogP contribution in [0.25, 0.3) is 0 Å². The van der Waals surface area contributed by atoms with Crippen LogP contribution in [0.2, 0.25) is 5.02 Å². The zero-order chi connectivity index (χ0) is 17.7. The number of methoxy groups -OCH3 is 1. The number of likely N-dealkylation sites (tertiary alicyclic amines) is 1. The first-order chi connectivity index (χ1) is 11.5. The molecule has 134 valence electrons. The number of carbonyl (C=O) groups is 1. The highest BCUT2D eigenvalue weighted by Crippen LogP contribution is 2.32. The number of urea groups is 1. The Hall–Kier alpha value is -1.30. The monoisotopic (exact) mass is 354 g/mol. The number of halogens is 1. The van der Waals surface area contributed by atoms with Crippen molar-refractivity contribution in [1.82, 2.24) is 10.2 Å². The lowest BCUT2D eigenvalue weighted by molar-refractivity contribution is 0.0595. The molecule has 1 aromatic carbocycles. The van der Waals surface area contributed by atoms with Crippen LogP contribution in [0, 0.1) is 0 Å². The molecule has 6 heteroatoms. The van der Waals surface area contributed by atoms with Crippen molar-refractivity contribution in [3.05, 3.63) is 34.9 Å². The first kappa shape index (κ1) is 19.0. The second kappa shape index (κ2) is 8.19. The maximum Gasteiger partial charge on any atom is 0.318 e. The lowest BCUT2D eigenvalue weighted by atomic mass is 9.94. The molecule has 3 atom stereocenters. The van der Waals surface area contributed by atoms with Crippen LogP contribution in [0.15, 0.2) is 24.3 Å². The summed E-state index contributed by atoms with van der Waals surface area (Å²) in [5, 5.41) is 13.5. The number of carbonyl (C=O) groups excluding carboxylic acids is 1. The molecule has 24 heavy (non-hydrogen) atoms. The fourth-order valence-electron chi connectivity index (χ4n) is 3.53. The maximum atomic E-state index is 12.7. The van der Waals surface area contributed by atoms with E-state index in [1.165, 1.54) is 0 Å². The van der Waals surface area contributed by atoms with E-state index in [4.69, 9.17) is 16.3 Å². The van der Waals surface area contributed by atoms with Crippen molar-refractivity contribution in [2.75, 3.05) is 20.3 Å². The minimum absolute atomic E-state index is 0.00378. The molecule has 1 saturated heterocycles. The molecule has 2 N–H and O–H groups in total. The first-order valence-corrected chi connectivity index (χ1v) is 8.82. The fraction of sp³-hybridized carbons (Fsp3) is 0.611. The quantitative estimate of drug-likeness (QED) is 0.823. The van der Waals surface area contributed by atoms with Gasteiger partial charge in [0.15, 0.2) is 0 Å². The molecule has 0 aliphatic carbocycles. The molecule has 3 unspecified atom stereocenters. The van der Waals surface area contributed by atoms with Crippen molar-refractivity contribution < 1.29 is 14.6 Å². The van der Waals surface area contributed by atoms with Gasteiger partial charge in [0, 0.05) is 18.7 Å². The molecule has 2 rings (SSSR count). The summed E-state index contributed by atoms with van der Waals surface area (Å²) in [6.07, 6.45) is 2.24. The molecule has 1 aliphatic heterocycles. The third-order valence-electron chi connectivity index (χ3n) is 5.05. The second-order valence-electron chi connectivity index (χ2n) is 6.44. The molecular weight excluding hydrogens is 328 g/mol. The summed E-state index contributed by atoms with van der Waals surface area (Å²) in [7, 11) is 1.63. The van der Waals surface area contributed by atoms with Gasteiger partial charge in [0.1, 0.15) is 6.10 Å². The highest BCUT2D eigenvalue weighted by molar-refractivity contribution is 6.30. The minimum atomic E-state index is -0.438. The van der Waals surface area contributed by atoms with Crippen molar-refractivity contribution in [3.63, 3.8) is 0 Å². The third kappa shape index (κ3) is 3.85. The molecule has 1 aromatic rings. The lowest BCUT2D eigenvalue weighted by Gasteiger charge is -2.37. The van der Waals surface area contributed by atoms with Crippen LogP contribution in [-0.4, -0.2) is 47.9 Å². The average Bonchev–Trinajstić information content (AvgIpc) is 3.02. The molecule has 1 fully saturated rings. The van der Waals surface area contributed by atoms with Gasteiger partial charge < -0.3 is 20.1 Å². The van der Waals surface area contributed by atoms with Crippen LogP contribution in [0.5, 0.6) is 0 Å². The van der Waals surface area contributed by atoms with Gasteiger partial charge in [-0.3, -0.25) is 0 Å². The Balaban J connectivity index is 2.08. The van der Waals surface area contributed by atoms with Crippen LogP contribution in [0.1, 0.15) is 44.8 Å². The first-order valence-electron chi connectivity index (χ1n) is 8.44. The Labute approximate surface area is 148 Å². The number of rotatable bonds is 6. The Morgan fingerprint density at radius 1 is 1.46 bits per heavy atom. The normalized spacial score (nSPS) is 23.1. The van der Waals surface area contributed by atoms with E-state index < -0.39 is 5.54 Å². The summed E-state index contributed by atoms with van der Waals surface area (Å²) in [5.41, 5.74) is 0.521. The van der Waals surface area contributed by atoms with Crippen molar-refractivity contribution in [2.45, 2.75) is 50.8 Å². The van der Waals surface area contributed by atoms with Crippen LogP contribution in [0.3, 0.4) is 0 Å². The maximum absolute atomic E-state index is 12.7. The van der Waals surface area contributed by atoms with E-state index in [0.29, 0.717) is 11.6 Å². The molecule has 1 heterocycles. The molecule has 0 bridgehead atoms. The fourth-order valence-corrected chi connectivity index (χ4v) is 3.65. The van der Waals surface area contributed by atoms with E-state index in [1.54, 1.807) is 12.0 Å². The summed E-state index contributed by atoms with van der Waals surface area (Å²) in [6.45, 7) is 4.60. The summed E-state index contributed by atoms with van der Waals surface area (Å²) in [6, 6.07) is 7.07. The standard InChI is InChI=1S/C18H27ClN2O3/c1-4-18(12-22)10-5-11-21(18)17(23)20-13(2)16(24-3)14-6-8-15(19)9-7-14/h6-9,13,16,22H,4-5,10-12H2,1-3H3,(H,20,23). The van der Waals surface area contributed by atoms with Crippen molar-refractivity contribution in [1.29, 1.82) is 0 Å². The second-order valence-corrected chi connectivity index (χ2v) is 6.87. The zero-order valence-corrected chi connectivity index (χ0v) is 15.3. The van der Waals surface area contributed by atoms with E-state index in [9.17, 15) is 9.90 Å². The van der Waals surface area contributed by atoms with Gasteiger partial charge in [0.05, 0.1) is 18.2 Å². The highest BCUT2D eigenvalue weighted by atomic mass is 35.5. The summed E-state index contributed by atoms with van der Waals surface area (Å²) in [4.78, 5) is 14.5. The van der Waals surface area contributed by atoms with Gasteiger partial charge in [-0.25, -0.2) is 4.79 Å². The van der Waals surface area contributed by atoms with Gasteiger partial charge in [-0.2, -0.15) is 0 Å². The largest absolute Gasteiger partial charge is 0.394 e. The minimum Gasteiger partial charge on any atom is -0.394 e. The summed E-state index contributed by atoms with van der Waals surface area (Å²) >= 11 is 5.93. The van der Waals surface area contributed by atoms with Gasteiger partial charge in [-0.15, -0.1) is 0 Å². The van der Waals surface area contributed by atoms with Gasteiger partial charge >= 0.3 is 6.03 Å². The topological polar surface area (TPSA) is 61.8 Å². The number of aliphatic hydroxyl groups excluding tert-OH is 1. The van der Waals surface area contributed by atoms with E-state index >= 15 is 0 Å². The number of hydrogen-bond donors (Lipinski definition) is 2. The molecular formula is C18H27ClN2O3. The SMILES string of the molecule is CCC1(CO)CCCN1C(=O)NC(C)C(OC)c1ccc(Cl)cc1. The molecule has 2 amide bonds. The smallest absolute Gasteiger partial charge is 0.318 e. The van der Waals surface area contributed by atoms with Crippen molar-refractivity contribution in [2.24, 2.45) is 0 Å².